The predicted octanol–water partition coefficient (Wildman–Crippen LogP) is 3.27. The maximum atomic E-state index is 11.8. The Bertz CT molecular complexity index is 471. The zero-order chi connectivity index (χ0) is 14.4. The highest BCUT2D eigenvalue weighted by Gasteiger charge is 2.27. The molecule has 1 aliphatic carbocycles. The molecular weight excluding hydrogens is 270 g/mol. The zero-order valence-electron chi connectivity index (χ0n) is 12.0. The number of hydrogen-bond donors (Lipinski definition) is 2. The van der Waals surface area contributed by atoms with Crippen molar-refractivity contribution < 1.29 is 9.90 Å². The molecule has 20 heavy (non-hydrogen) atoms. The van der Waals surface area contributed by atoms with Gasteiger partial charge in [0.1, 0.15) is 0 Å². The van der Waals surface area contributed by atoms with Crippen molar-refractivity contribution in [1.29, 1.82) is 0 Å². The second kappa shape index (κ2) is 7.04. The van der Waals surface area contributed by atoms with Crippen molar-refractivity contribution in [2.75, 3.05) is 6.54 Å². The Kier molecular flexibility index (Phi) is 5.38. The number of amides is 1. The van der Waals surface area contributed by atoms with Crippen molar-refractivity contribution in [2.24, 2.45) is 0 Å². The summed E-state index contributed by atoms with van der Waals surface area (Å²) in [6, 6.07) is 2.04. The van der Waals surface area contributed by atoms with Gasteiger partial charge in [-0.3, -0.25) is 4.79 Å². The fourth-order valence-electron chi connectivity index (χ4n) is 2.58. The number of aryl methyl sites for hydroxylation is 1. The molecule has 4 heteroatoms. The average molecular weight is 293 g/mol. The Labute approximate surface area is 124 Å². The van der Waals surface area contributed by atoms with Crippen LogP contribution in [0.15, 0.2) is 17.5 Å². The van der Waals surface area contributed by atoms with Crippen LogP contribution in [0.25, 0.3) is 6.08 Å². The van der Waals surface area contributed by atoms with Gasteiger partial charge >= 0.3 is 0 Å². The van der Waals surface area contributed by atoms with Gasteiger partial charge in [0.2, 0.25) is 5.91 Å². The first-order valence-corrected chi connectivity index (χ1v) is 8.19. The Morgan fingerprint density at radius 3 is 2.70 bits per heavy atom. The molecule has 2 N–H and O–H groups in total. The zero-order valence-corrected chi connectivity index (χ0v) is 12.8. The predicted molar refractivity (Wildman–Crippen MR) is 83.8 cm³/mol. The van der Waals surface area contributed by atoms with E-state index >= 15 is 0 Å². The third-order valence-corrected chi connectivity index (χ3v) is 4.90. The van der Waals surface area contributed by atoms with Gasteiger partial charge in [-0.2, -0.15) is 0 Å². The molecule has 1 aromatic heterocycles. The van der Waals surface area contributed by atoms with E-state index < -0.39 is 5.60 Å². The van der Waals surface area contributed by atoms with Crippen molar-refractivity contribution in [2.45, 2.75) is 51.0 Å². The lowest BCUT2D eigenvalue weighted by Gasteiger charge is -2.26. The van der Waals surface area contributed by atoms with Crippen LogP contribution in [0.1, 0.15) is 49.0 Å². The number of carbonyl (C=O) groups excluding carboxylic acids is 1. The van der Waals surface area contributed by atoms with Gasteiger partial charge in [0.15, 0.2) is 0 Å². The monoisotopic (exact) mass is 293 g/mol. The summed E-state index contributed by atoms with van der Waals surface area (Å²) in [6.07, 6.45) is 9.46. The quantitative estimate of drug-likeness (QED) is 0.661. The van der Waals surface area contributed by atoms with Crippen LogP contribution in [0.2, 0.25) is 0 Å². The summed E-state index contributed by atoms with van der Waals surface area (Å²) in [4.78, 5) is 12.9. The molecule has 1 aromatic rings. The lowest BCUT2D eigenvalue weighted by molar-refractivity contribution is -0.117. The largest absolute Gasteiger partial charge is 0.388 e. The minimum atomic E-state index is -0.709. The number of rotatable bonds is 4. The smallest absolute Gasteiger partial charge is 0.244 e. The van der Waals surface area contributed by atoms with Crippen LogP contribution in [0.5, 0.6) is 0 Å². The van der Waals surface area contributed by atoms with Crippen molar-refractivity contribution in [3.05, 3.63) is 28.0 Å². The van der Waals surface area contributed by atoms with Crippen molar-refractivity contribution in [3.63, 3.8) is 0 Å². The summed E-state index contributed by atoms with van der Waals surface area (Å²) < 4.78 is 0. The van der Waals surface area contributed by atoms with Gasteiger partial charge in [-0.1, -0.05) is 25.7 Å². The van der Waals surface area contributed by atoms with E-state index in [1.54, 1.807) is 17.4 Å². The molecule has 1 amide bonds. The average Bonchev–Trinajstić information content (AvgIpc) is 2.70. The molecule has 110 valence electrons. The van der Waals surface area contributed by atoms with Crippen LogP contribution >= 0.6 is 11.3 Å². The molecule has 0 unspecified atom stereocenters. The van der Waals surface area contributed by atoms with Crippen LogP contribution in [0.4, 0.5) is 0 Å². The lowest BCUT2D eigenvalue weighted by atomic mass is 9.94. The molecule has 3 nitrogen and oxygen atoms in total. The van der Waals surface area contributed by atoms with Crippen LogP contribution < -0.4 is 5.32 Å². The van der Waals surface area contributed by atoms with E-state index in [-0.39, 0.29) is 5.91 Å². The first-order chi connectivity index (χ1) is 9.59. The van der Waals surface area contributed by atoms with E-state index in [0.29, 0.717) is 6.54 Å². The van der Waals surface area contributed by atoms with Crippen molar-refractivity contribution in [1.82, 2.24) is 5.32 Å². The Hall–Kier alpha value is -1.13. The Morgan fingerprint density at radius 2 is 2.10 bits per heavy atom. The standard InChI is InChI=1S/C16H23NO2S/c1-13-8-11-20-14(13)6-7-15(18)17-12-16(19)9-4-2-3-5-10-16/h6-8,11,19H,2-5,9-10,12H2,1H3,(H,17,18). The third-order valence-electron chi connectivity index (χ3n) is 3.91. The Balaban J connectivity index is 1.82. The van der Waals surface area contributed by atoms with Crippen molar-refractivity contribution in [3.8, 4) is 0 Å². The summed E-state index contributed by atoms with van der Waals surface area (Å²) in [7, 11) is 0. The first kappa shape index (κ1) is 15.3. The number of hydrogen-bond acceptors (Lipinski definition) is 3. The number of thiophene rings is 1. The van der Waals surface area contributed by atoms with E-state index in [2.05, 4.69) is 5.32 Å². The highest BCUT2D eigenvalue weighted by atomic mass is 32.1. The third kappa shape index (κ3) is 4.46. The SMILES string of the molecule is Cc1ccsc1C=CC(=O)NCC1(O)CCCCCC1. The molecule has 0 radical (unpaired) electrons. The molecule has 1 heterocycles. The molecule has 0 atom stereocenters. The van der Waals surface area contributed by atoms with Crippen LogP contribution in [0.3, 0.4) is 0 Å². The summed E-state index contributed by atoms with van der Waals surface area (Å²) in [5, 5.41) is 15.3. The van der Waals surface area contributed by atoms with Crippen molar-refractivity contribution >= 4 is 23.3 Å². The van der Waals surface area contributed by atoms with E-state index in [1.165, 1.54) is 18.4 Å². The van der Waals surface area contributed by atoms with Gasteiger partial charge in [-0.15, -0.1) is 11.3 Å². The fraction of sp³-hybridized carbons (Fsp3) is 0.562. The maximum Gasteiger partial charge on any atom is 0.244 e. The van der Waals surface area contributed by atoms with E-state index in [4.69, 9.17) is 0 Å². The maximum absolute atomic E-state index is 11.8. The topological polar surface area (TPSA) is 49.3 Å². The lowest BCUT2D eigenvalue weighted by Crippen LogP contribution is -2.42. The molecular formula is C16H23NO2S. The molecule has 0 spiro atoms. The molecule has 1 aliphatic rings. The minimum Gasteiger partial charge on any atom is -0.388 e. The minimum absolute atomic E-state index is 0.129. The van der Waals surface area contributed by atoms with Gasteiger partial charge < -0.3 is 10.4 Å². The van der Waals surface area contributed by atoms with Crippen LogP contribution in [-0.2, 0) is 4.79 Å². The van der Waals surface area contributed by atoms with E-state index in [0.717, 1.165) is 30.6 Å². The molecule has 2 rings (SSSR count). The molecule has 0 aromatic carbocycles. The first-order valence-electron chi connectivity index (χ1n) is 7.31. The molecule has 0 saturated heterocycles. The normalized spacial score (nSPS) is 18.9. The van der Waals surface area contributed by atoms with Gasteiger partial charge in [0, 0.05) is 17.5 Å². The summed E-state index contributed by atoms with van der Waals surface area (Å²) in [6.45, 7) is 2.39. The van der Waals surface area contributed by atoms with Gasteiger partial charge in [-0.25, -0.2) is 0 Å². The number of nitrogens with one attached hydrogen (secondary N) is 1. The van der Waals surface area contributed by atoms with Gasteiger partial charge in [0.25, 0.3) is 0 Å². The summed E-state index contributed by atoms with van der Waals surface area (Å²) in [5.74, 6) is -0.129. The van der Waals surface area contributed by atoms with Crippen LogP contribution in [0, 0.1) is 6.92 Å². The molecule has 0 bridgehead atoms. The summed E-state index contributed by atoms with van der Waals surface area (Å²) >= 11 is 1.62. The Morgan fingerprint density at radius 1 is 1.40 bits per heavy atom. The number of aliphatic hydroxyl groups is 1. The molecule has 1 saturated carbocycles. The van der Waals surface area contributed by atoms with Gasteiger partial charge in [-0.05, 0) is 42.9 Å². The second-order valence-electron chi connectivity index (χ2n) is 5.66. The van der Waals surface area contributed by atoms with E-state index in [9.17, 15) is 9.90 Å². The highest BCUT2D eigenvalue weighted by Crippen LogP contribution is 2.26. The van der Waals surface area contributed by atoms with Crippen LogP contribution in [-0.4, -0.2) is 23.2 Å². The second-order valence-corrected chi connectivity index (χ2v) is 6.61. The number of carbonyl (C=O) groups is 1. The molecule has 0 aliphatic heterocycles. The molecule has 1 fully saturated rings. The fourth-order valence-corrected chi connectivity index (χ4v) is 3.40. The van der Waals surface area contributed by atoms with Gasteiger partial charge in [0.05, 0.1) is 5.60 Å². The van der Waals surface area contributed by atoms with E-state index in [1.807, 2.05) is 24.4 Å². The summed E-state index contributed by atoms with van der Waals surface area (Å²) in [5.41, 5.74) is 0.472. The highest BCUT2D eigenvalue weighted by molar-refractivity contribution is 7.11.